The Kier molecular flexibility index (Phi) is 4.05. The first-order valence-corrected chi connectivity index (χ1v) is 4.65. The third-order valence-corrected chi connectivity index (χ3v) is 1.90. The molecule has 0 saturated heterocycles. The normalized spacial score (nSPS) is 12.3. The van der Waals surface area contributed by atoms with E-state index in [4.69, 9.17) is 9.84 Å². The molecule has 1 atom stereocenters. The Bertz CT molecular complexity index is 385. The Balaban J connectivity index is 2.79. The van der Waals surface area contributed by atoms with Crippen LogP contribution in [0.5, 0.6) is 0 Å². The SMILES string of the molecule is CCOC(Cn1ccccc1=O)C(=O)O. The fourth-order valence-electron chi connectivity index (χ4n) is 1.19. The van der Waals surface area contributed by atoms with Crippen LogP contribution < -0.4 is 5.56 Å². The van der Waals surface area contributed by atoms with E-state index in [1.165, 1.54) is 16.8 Å². The van der Waals surface area contributed by atoms with Crippen LogP contribution in [0.15, 0.2) is 29.2 Å². The van der Waals surface area contributed by atoms with Gasteiger partial charge in [0.15, 0.2) is 6.10 Å². The standard InChI is InChI=1S/C10H13NO4/c1-2-15-8(10(13)14)7-11-6-4-3-5-9(11)12/h3-6,8H,2,7H2,1H3,(H,13,14). The summed E-state index contributed by atoms with van der Waals surface area (Å²) in [5.74, 6) is -1.06. The van der Waals surface area contributed by atoms with Crippen molar-refractivity contribution in [2.75, 3.05) is 6.61 Å². The van der Waals surface area contributed by atoms with Gasteiger partial charge in [-0.1, -0.05) is 6.07 Å². The van der Waals surface area contributed by atoms with Crippen molar-refractivity contribution in [3.05, 3.63) is 34.7 Å². The van der Waals surface area contributed by atoms with Gasteiger partial charge in [-0.2, -0.15) is 0 Å². The summed E-state index contributed by atoms with van der Waals surface area (Å²) >= 11 is 0. The molecular weight excluding hydrogens is 198 g/mol. The molecule has 0 spiro atoms. The summed E-state index contributed by atoms with van der Waals surface area (Å²) in [4.78, 5) is 22.1. The number of ether oxygens (including phenoxy) is 1. The molecule has 1 rings (SSSR count). The molecule has 5 nitrogen and oxygen atoms in total. The maximum absolute atomic E-state index is 11.3. The minimum Gasteiger partial charge on any atom is -0.479 e. The average molecular weight is 211 g/mol. The first kappa shape index (κ1) is 11.5. The monoisotopic (exact) mass is 211 g/mol. The highest BCUT2D eigenvalue weighted by molar-refractivity contribution is 5.72. The predicted octanol–water partition coefficient (Wildman–Crippen LogP) is 0.338. The molecule has 0 radical (unpaired) electrons. The van der Waals surface area contributed by atoms with Crippen LogP contribution in [0.1, 0.15) is 6.92 Å². The minimum atomic E-state index is -1.06. The summed E-state index contributed by atoms with van der Waals surface area (Å²) in [5.41, 5.74) is -0.233. The number of carboxylic acid groups (broad SMARTS) is 1. The predicted molar refractivity (Wildman–Crippen MR) is 53.8 cm³/mol. The molecule has 0 aromatic carbocycles. The van der Waals surface area contributed by atoms with Crippen molar-refractivity contribution < 1.29 is 14.6 Å². The van der Waals surface area contributed by atoms with E-state index in [2.05, 4.69) is 0 Å². The largest absolute Gasteiger partial charge is 0.479 e. The minimum absolute atomic E-state index is 0.0306. The van der Waals surface area contributed by atoms with Crippen molar-refractivity contribution in [1.29, 1.82) is 0 Å². The van der Waals surface area contributed by atoms with Gasteiger partial charge in [0.2, 0.25) is 0 Å². The maximum Gasteiger partial charge on any atom is 0.334 e. The highest BCUT2D eigenvalue weighted by Gasteiger charge is 2.17. The van der Waals surface area contributed by atoms with E-state index in [1.54, 1.807) is 19.1 Å². The average Bonchev–Trinajstić information content (AvgIpc) is 2.20. The van der Waals surface area contributed by atoms with E-state index < -0.39 is 12.1 Å². The summed E-state index contributed by atoms with van der Waals surface area (Å²) in [6.45, 7) is 2.05. The Morgan fingerprint density at radius 2 is 2.33 bits per heavy atom. The van der Waals surface area contributed by atoms with Crippen LogP contribution in [-0.2, 0) is 16.1 Å². The molecule has 0 saturated carbocycles. The first-order chi connectivity index (χ1) is 7.15. The molecule has 0 fully saturated rings. The van der Waals surface area contributed by atoms with Crippen LogP contribution in [0.25, 0.3) is 0 Å². The molecule has 1 heterocycles. The van der Waals surface area contributed by atoms with Crippen LogP contribution >= 0.6 is 0 Å². The van der Waals surface area contributed by atoms with Crippen molar-refractivity contribution in [1.82, 2.24) is 4.57 Å². The molecule has 1 aromatic rings. The van der Waals surface area contributed by atoms with E-state index in [-0.39, 0.29) is 12.1 Å². The molecule has 0 amide bonds. The fraction of sp³-hybridized carbons (Fsp3) is 0.400. The van der Waals surface area contributed by atoms with Crippen LogP contribution in [-0.4, -0.2) is 28.4 Å². The molecular formula is C10H13NO4. The van der Waals surface area contributed by atoms with Crippen LogP contribution in [0.4, 0.5) is 0 Å². The van der Waals surface area contributed by atoms with Crippen LogP contribution in [0.3, 0.4) is 0 Å². The molecule has 0 aliphatic heterocycles. The van der Waals surface area contributed by atoms with Crippen molar-refractivity contribution in [2.24, 2.45) is 0 Å². The topological polar surface area (TPSA) is 68.5 Å². The lowest BCUT2D eigenvalue weighted by Crippen LogP contribution is -2.33. The van der Waals surface area contributed by atoms with E-state index in [9.17, 15) is 9.59 Å². The van der Waals surface area contributed by atoms with Crippen molar-refractivity contribution in [2.45, 2.75) is 19.6 Å². The molecule has 0 aliphatic rings. The Hall–Kier alpha value is -1.62. The number of carboxylic acids is 1. The summed E-state index contributed by atoms with van der Waals surface area (Å²) in [6, 6.07) is 4.66. The van der Waals surface area contributed by atoms with Gasteiger partial charge in [0.25, 0.3) is 5.56 Å². The molecule has 82 valence electrons. The Morgan fingerprint density at radius 3 is 2.87 bits per heavy atom. The second-order valence-electron chi connectivity index (χ2n) is 2.97. The number of carbonyl (C=O) groups is 1. The number of hydrogen-bond donors (Lipinski definition) is 1. The number of hydrogen-bond acceptors (Lipinski definition) is 3. The molecule has 1 N–H and O–H groups in total. The number of nitrogens with zero attached hydrogens (tertiary/aromatic N) is 1. The molecule has 0 bridgehead atoms. The van der Waals surface area contributed by atoms with E-state index in [0.717, 1.165) is 0 Å². The van der Waals surface area contributed by atoms with Crippen molar-refractivity contribution >= 4 is 5.97 Å². The van der Waals surface area contributed by atoms with E-state index in [1.807, 2.05) is 0 Å². The third kappa shape index (κ3) is 3.21. The zero-order chi connectivity index (χ0) is 11.3. The van der Waals surface area contributed by atoms with Gasteiger partial charge in [-0.15, -0.1) is 0 Å². The molecule has 5 heteroatoms. The van der Waals surface area contributed by atoms with Crippen LogP contribution in [0.2, 0.25) is 0 Å². The van der Waals surface area contributed by atoms with Crippen molar-refractivity contribution in [3.63, 3.8) is 0 Å². The Labute approximate surface area is 86.9 Å². The smallest absolute Gasteiger partial charge is 0.334 e. The number of aromatic nitrogens is 1. The van der Waals surface area contributed by atoms with Gasteiger partial charge in [-0.05, 0) is 13.0 Å². The van der Waals surface area contributed by atoms with Gasteiger partial charge in [0, 0.05) is 18.9 Å². The number of aliphatic carboxylic acids is 1. The van der Waals surface area contributed by atoms with Gasteiger partial charge in [-0.25, -0.2) is 4.79 Å². The summed E-state index contributed by atoms with van der Waals surface area (Å²) in [5, 5.41) is 8.82. The number of rotatable bonds is 5. The van der Waals surface area contributed by atoms with Crippen LogP contribution in [0, 0.1) is 0 Å². The van der Waals surface area contributed by atoms with Gasteiger partial charge >= 0.3 is 5.97 Å². The summed E-state index contributed by atoms with van der Waals surface area (Å²) in [7, 11) is 0. The highest BCUT2D eigenvalue weighted by atomic mass is 16.5. The zero-order valence-corrected chi connectivity index (χ0v) is 8.42. The molecule has 1 aromatic heterocycles. The second-order valence-corrected chi connectivity index (χ2v) is 2.97. The lowest BCUT2D eigenvalue weighted by atomic mass is 10.3. The lowest BCUT2D eigenvalue weighted by molar-refractivity contribution is -0.151. The highest BCUT2D eigenvalue weighted by Crippen LogP contribution is 1.96. The summed E-state index contributed by atoms with van der Waals surface area (Å²) < 4.78 is 6.32. The lowest BCUT2D eigenvalue weighted by Gasteiger charge is -2.13. The molecule has 15 heavy (non-hydrogen) atoms. The second kappa shape index (κ2) is 5.31. The van der Waals surface area contributed by atoms with Gasteiger partial charge in [0.1, 0.15) is 0 Å². The first-order valence-electron chi connectivity index (χ1n) is 4.65. The maximum atomic E-state index is 11.3. The zero-order valence-electron chi connectivity index (χ0n) is 8.42. The van der Waals surface area contributed by atoms with E-state index >= 15 is 0 Å². The van der Waals surface area contributed by atoms with Gasteiger partial charge < -0.3 is 14.4 Å². The van der Waals surface area contributed by atoms with Crippen molar-refractivity contribution in [3.8, 4) is 0 Å². The quantitative estimate of drug-likeness (QED) is 0.762. The molecule has 0 aliphatic carbocycles. The molecule has 1 unspecified atom stereocenters. The van der Waals surface area contributed by atoms with Gasteiger partial charge in [0.05, 0.1) is 6.54 Å². The number of pyridine rings is 1. The summed E-state index contributed by atoms with van der Waals surface area (Å²) in [6.07, 6.45) is 0.562. The fourth-order valence-corrected chi connectivity index (χ4v) is 1.19. The van der Waals surface area contributed by atoms with Gasteiger partial charge in [-0.3, -0.25) is 4.79 Å². The third-order valence-electron chi connectivity index (χ3n) is 1.90. The Morgan fingerprint density at radius 1 is 1.60 bits per heavy atom. The van der Waals surface area contributed by atoms with E-state index in [0.29, 0.717) is 6.61 Å².